The van der Waals surface area contributed by atoms with E-state index in [4.69, 9.17) is 5.73 Å². The van der Waals surface area contributed by atoms with Gasteiger partial charge in [0, 0.05) is 25.0 Å². The average Bonchev–Trinajstić information content (AvgIpc) is 2.56. The number of rotatable bonds is 6. The largest absolute Gasteiger partial charge is 0.370 e. The van der Waals surface area contributed by atoms with Crippen LogP contribution in [0.3, 0.4) is 0 Å². The standard InChI is InChI=1S/C17H23N5/c1-3-22(4-2)16-11-10-14(12-19-16)13-20-17(18)21-15-8-6-5-7-9-15/h5-12H,3-4,13H2,1-2H3,(H3,18,20,21). The number of nitrogens with one attached hydrogen (secondary N) is 1. The first-order valence-corrected chi connectivity index (χ1v) is 7.54. The molecule has 0 amide bonds. The van der Waals surface area contributed by atoms with Gasteiger partial charge in [0.15, 0.2) is 5.96 Å². The Bertz CT molecular complexity index is 588. The normalized spacial score (nSPS) is 11.3. The van der Waals surface area contributed by atoms with Crippen molar-refractivity contribution in [2.75, 3.05) is 23.3 Å². The molecule has 5 heteroatoms. The van der Waals surface area contributed by atoms with Crippen molar-refractivity contribution in [3.63, 3.8) is 0 Å². The van der Waals surface area contributed by atoms with Crippen LogP contribution < -0.4 is 16.0 Å². The first kappa shape index (κ1) is 15.8. The molecule has 0 atom stereocenters. The van der Waals surface area contributed by atoms with Gasteiger partial charge in [0.25, 0.3) is 0 Å². The third kappa shape index (κ3) is 4.48. The van der Waals surface area contributed by atoms with Crippen LogP contribution >= 0.6 is 0 Å². The molecule has 0 aliphatic heterocycles. The second kappa shape index (κ2) is 8.02. The fourth-order valence-corrected chi connectivity index (χ4v) is 2.13. The molecule has 0 saturated heterocycles. The summed E-state index contributed by atoms with van der Waals surface area (Å²) in [6.45, 7) is 6.67. The number of benzene rings is 1. The molecule has 3 N–H and O–H groups in total. The molecule has 116 valence electrons. The summed E-state index contributed by atoms with van der Waals surface area (Å²) in [5.74, 6) is 1.40. The predicted octanol–water partition coefficient (Wildman–Crippen LogP) is 2.85. The van der Waals surface area contributed by atoms with Gasteiger partial charge in [0.1, 0.15) is 5.82 Å². The van der Waals surface area contributed by atoms with Gasteiger partial charge in [-0.3, -0.25) is 0 Å². The number of aliphatic imine (C=N–C) groups is 1. The third-order valence-corrected chi connectivity index (χ3v) is 3.37. The number of aromatic nitrogens is 1. The van der Waals surface area contributed by atoms with Gasteiger partial charge in [0.05, 0.1) is 6.54 Å². The Balaban J connectivity index is 1.94. The highest BCUT2D eigenvalue weighted by molar-refractivity contribution is 5.92. The number of hydrogen-bond acceptors (Lipinski definition) is 3. The molecule has 0 radical (unpaired) electrons. The number of para-hydroxylation sites is 1. The summed E-state index contributed by atoms with van der Waals surface area (Å²) in [7, 11) is 0. The number of guanidine groups is 1. The molecule has 0 aliphatic rings. The maximum atomic E-state index is 5.88. The van der Waals surface area contributed by atoms with Crippen LogP contribution in [0.5, 0.6) is 0 Å². The first-order chi connectivity index (χ1) is 10.7. The van der Waals surface area contributed by atoms with Crippen molar-refractivity contribution in [3.05, 3.63) is 54.2 Å². The zero-order valence-corrected chi connectivity index (χ0v) is 13.2. The van der Waals surface area contributed by atoms with Crippen LogP contribution in [0.15, 0.2) is 53.7 Å². The van der Waals surface area contributed by atoms with Crippen LogP contribution in [-0.2, 0) is 6.54 Å². The lowest BCUT2D eigenvalue weighted by Crippen LogP contribution is -2.23. The quantitative estimate of drug-likeness (QED) is 0.635. The van der Waals surface area contributed by atoms with E-state index >= 15 is 0 Å². The number of nitrogens with two attached hydrogens (primary N) is 1. The average molecular weight is 297 g/mol. The summed E-state index contributed by atoms with van der Waals surface area (Å²) in [5, 5.41) is 3.06. The molecule has 1 aromatic carbocycles. The SMILES string of the molecule is CCN(CC)c1ccc(CN=C(N)Nc2ccccc2)cn1. The van der Waals surface area contributed by atoms with Crippen LogP contribution in [0.2, 0.25) is 0 Å². The molecule has 1 heterocycles. The highest BCUT2D eigenvalue weighted by atomic mass is 15.2. The highest BCUT2D eigenvalue weighted by Crippen LogP contribution is 2.11. The van der Waals surface area contributed by atoms with E-state index in [1.807, 2.05) is 48.7 Å². The molecule has 0 spiro atoms. The number of hydrogen-bond donors (Lipinski definition) is 2. The Morgan fingerprint density at radius 1 is 1.14 bits per heavy atom. The molecule has 0 fully saturated rings. The Kier molecular flexibility index (Phi) is 5.77. The minimum Gasteiger partial charge on any atom is -0.370 e. The molecule has 5 nitrogen and oxygen atoms in total. The van der Waals surface area contributed by atoms with Crippen LogP contribution in [0.4, 0.5) is 11.5 Å². The van der Waals surface area contributed by atoms with E-state index in [1.165, 1.54) is 0 Å². The van der Waals surface area contributed by atoms with E-state index in [-0.39, 0.29) is 0 Å². The van der Waals surface area contributed by atoms with E-state index in [0.717, 1.165) is 30.2 Å². The summed E-state index contributed by atoms with van der Waals surface area (Å²) in [4.78, 5) is 11.0. The molecule has 22 heavy (non-hydrogen) atoms. The predicted molar refractivity (Wildman–Crippen MR) is 93.2 cm³/mol. The van der Waals surface area contributed by atoms with Crippen molar-refractivity contribution in [3.8, 4) is 0 Å². The molecule has 0 aliphatic carbocycles. The fourth-order valence-electron chi connectivity index (χ4n) is 2.13. The van der Waals surface area contributed by atoms with E-state index in [1.54, 1.807) is 0 Å². The minimum absolute atomic E-state index is 0.402. The van der Waals surface area contributed by atoms with Crippen molar-refractivity contribution >= 4 is 17.5 Å². The van der Waals surface area contributed by atoms with Crippen molar-refractivity contribution < 1.29 is 0 Å². The van der Waals surface area contributed by atoms with Crippen molar-refractivity contribution in [2.24, 2.45) is 10.7 Å². The zero-order valence-electron chi connectivity index (χ0n) is 13.2. The third-order valence-electron chi connectivity index (χ3n) is 3.37. The highest BCUT2D eigenvalue weighted by Gasteiger charge is 2.02. The van der Waals surface area contributed by atoms with Crippen LogP contribution in [0.25, 0.3) is 0 Å². The Labute approximate surface area is 131 Å². The lowest BCUT2D eigenvalue weighted by atomic mass is 10.3. The summed E-state index contributed by atoms with van der Waals surface area (Å²) in [6, 6.07) is 13.8. The summed E-state index contributed by atoms with van der Waals surface area (Å²) >= 11 is 0. The van der Waals surface area contributed by atoms with Crippen molar-refractivity contribution in [2.45, 2.75) is 20.4 Å². The van der Waals surface area contributed by atoms with Gasteiger partial charge in [-0.2, -0.15) is 0 Å². The van der Waals surface area contributed by atoms with E-state index in [9.17, 15) is 0 Å². The molecule has 2 aromatic rings. The molecule has 1 aromatic heterocycles. The molecule has 2 rings (SSSR count). The van der Waals surface area contributed by atoms with Gasteiger partial charge in [-0.15, -0.1) is 0 Å². The first-order valence-electron chi connectivity index (χ1n) is 7.54. The van der Waals surface area contributed by atoms with E-state index < -0.39 is 0 Å². The lowest BCUT2D eigenvalue weighted by Gasteiger charge is -2.19. The van der Waals surface area contributed by atoms with Crippen LogP contribution in [0.1, 0.15) is 19.4 Å². The molecule has 0 unspecified atom stereocenters. The maximum absolute atomic E-state index is 5.88. The Hall–Kier alpha value is -2.56. The Morgan fingerprint density at radius 2 is 1.86 bits per heavy atom. The topological polar surface area (TPSA) is 66.5 Å². The molecular formula is C17H23N5. The number of anilines is 2. The maximum Gasteiger partial charge on any atom is 0.193 e. The monoisotopic (exact) mass is 297 g/mol. The van der Waals surface area contributed by atoms with Crippen LogP contribution in [-0.4, -0.2) is 24.0 Å². The zero-order chi connectivity index (χ0) is 15.8. The van der Waals surface area contributed by atoms with Gasteiger partial charge in [-0.1, -0.05) is 24.3 Å². The fraction of sp³-hybridized carbons (Fsp3) is 0.294. The van der Waals surface area contributed by atoms with Gasteiger partial charge in [-0.25, -0.2) is 9.98 Å². The lowest BCUT2D eigenvalue weighted by molar-refractivity contribution is 0.843. The van der Waals surface area contributed by atoms with Gasteiger partial charge < -0.3 is 16.0 Å². The van der Waals surface area contributed by atoms with Gasteiger partial charge in [-0.05, 0) is 37.6 Å². The summed E-state index contributed by atoms with van der Waals surface area (Å²) in [5.41, 5.74) is 7.85. The van der Waals surface area contributed by atoms with E-state index in [0.29, 0.717) is 12.5 Å². The number of pyridine rings is 1. The van der Waals surface area contributed by atoms with Crippen LogP contribution in [0, 0.1) is 0 Å². The second-order valence-corrected chi connectivity index (χ2v) is 4.89. The number of nitrogens with zero attached hydrogens (tertiary/aromatic N) is 3. The minimum atomic E-state index is 0.402. The summed E-state index contributed by atoms with van der Waals surface area (Å²) in [6.07, 6.45) is 1.85. The molecular weight excluding hydrogens is 274 g/mol. The molecule has 0 saturated carbocycles. The Morgan fingerprint density at radius 3 is 2.45 bits per heavy atom. The summed E-state index contributed by atoms with van der Waals surface area (Å²) < 4.78 is 0. The van der Waals surface area contributed by atoms with Crippen molar-refractivity contribution in [1.29, 1.82) is 0 Å². The van der Waals surface area contributed by atoms with Gasteiger partial charge in [0.2, 0.25) is 0 Å². The van der Waals surface area contributed by atoms with E-state index in [2.05, 4.69) is 34.0 Å². The second-order valence-electron chi connectivity index (χ2n) is 4.89. The molecule has 0 bridgehead atoms. The smallest absolute Gasteiger partial charge is 0.193 e. The van der Waals surface area contributed by atoms with Crippen molar-refractivity contribution in [1.82, 2.24) is 4.98 Å². The van der Waals surface area contributed by atoms with Gasteiger partial charge >= 0.3 is 0 Å².